The minimum atomic E-state index is -0.692. The highest BCUT2D eigenvalue weighted by atomic mass is 35.5. The number of likely N-dealkylation sites (tertiary alicyclic amines) is 1. The molecular weight excluding hydrogens is 836 g/mol. The molecule has 4 aromatic carbocycles. The minimum absolute atomic E-state index is 0.00111. The highest BCUT2D eigenvalue weighted by Gasteiger charge is 2.39. The standard InChI is InChI=1S/C30H32ClN5O5.C17H13N5O/c1-19(28(39)34-12-3-2-4-13-34)17-35(23-7-5-6-22(31)15-23)30(41)32-16-20-8-9-24-21(14-20)18-36(29(24)40)25-10-11-26(37)33-27(25)38;18-16-14-15(21-22-17(14)20-10-19-16)11-6-8-13(9-7-11)23-12-4-2-1-3-5-12/h5-9,14-15,25H,1-4,10-13,16-18H2,(H,32,41)(H,33,37,38);1-10H,(H3,18,19,20,21,22). The Bertz CT molecular complexity index is 2740. The van der Waals surface area contributed by atoms with Crippen LogP contribution in [0.25, 0.3) is 22.3 Å². The molecule has 9 rings (SSSR count). The fourth-order valence-corrected chi connectivity index (χ4v) is 8.10. The quantitative estimate of drug-likeness (QED) is 0.0838. The van der Waals surface area contributed by atoms with Gasteiger partial charge >= 0.3 is 6.03 Å². The van der Waals surface area contributed by atoms with Gasteiger partial charge in [0.25, 0.3) is 11.8 Å². The summed E-state index contributed by atoms with van der Waals surface area (Å²) in [5, 5.41) is 13.5. The average molecular weight is 881 g/mol. The molecule has 0 aliphatic carbocycles. The summed E-state index contributed by atoms with van der Waals surface area (Å²) in [6, 6.07) is 28.3. The number of aromatic nitrogens is 4. The van der Waals surface area contributed by atoms with Crippen molar-refractivity contribution in [2.45, 2.75) is 51.2 Å². The van der Waals surface area contributed by atoms with Crippen molar-refractivity contribution in [3.05, 3.63) is 137 Å². The fraction of sp³-hybridized carbons (Fsp3) is 0.234. The number of anilines is 2. The fourth-order valence-electron chi connectivity index (χ4n) is 7.92. The first-order valence-electron chi connectivity index (χ1n) is 20.8. The number of halogens is 1. The molecule has 2 aromatic heterocycles. The summed E-state index contributed by atoms with van der Waals surface area (Å²) in [5.41, 5.74) is 11.1. The highest BCUT2D eigenvalue weighted by molar-refractivity contribution is 6.31. The number of amides is 6. The molecule has 2 saturated heterocycles. The molecule has 2 fully saturated rings. The van der Waals surface area contributed by atoms with E-state index in [0.29, 0.717) is 46.4 Å². The molecule has 5 N–H and O–H groups in total. The molecule has 5 heterocycles. The Balaban J connectivity index is 0.000000204. The first-order chi connectivity index (χ1) is 31.0. The number of aromatic amines is 1. The van der Waals surface area contributed by atoms with Gasteiger partial charge in [-0.2, -0.15) is 5.10 Å². The number of ether oxygens (including phenoxy) is 1. The normalized spacial score (nSPS) is 15.8. The number of nitrogen functional groups attached to an aromatic ring is 1. The van der Waals surface area contributed by atoms with Crippen molar-refractivity contribution in [3.8, 4) is 22.8 Å². The third kappa shape index (κ3) is 9.71. The summed E-state index contributed by atoms with van der Waals surface area (Å²) in [4.78, 5) is 76.1. The maximum Gasteiger partial charge on any atom is 0.322 e. The lowest BCUT2D eigenvalue weighted by Gasteiger charge is -2.29. The molecule has 1 atom stereocenters. The van der Waals surface area contributed by atoms with Crippen LogP contribution < -0.4 is 26.0 Å². The third-order valence-corrected chi connectivity index (χ3v) is 11.4. The van der Waals surface area contributed by atoms with Crippen molar-refractivity contribution >= 4 is 63.8 Å². The number of imide groups is 1. The summed E-state index contributed by atoms with van der Waals surface area (Å²) in [5.74, 6) is 0.750. The van der Waals surface area contributed by atoms with Crippen molar-refractivity contribution in [1.82, 2.24) is 40.6 Å². The van der Waals surface area contributed by atoms with Crippen LogP contribution in [-0.2, 0) is 27.5 Å². The number of hydrogen-bond donors (Lipinski definition) is 4. The second-order valence-corrected chi connectivity index (χ2v) is 16.0. The Labute approximate surface area is 373 Å². The zero-order valence-corrected chi connectivity index (χ0v) is 35.5. The highest BCUT2D eigenvalue weighted by Crippen LogP contribution is 2.31. The Hall–Kier alpha value is -7.59. The number of carbonyl (C=O) groups is 5. The Morgan fingerprint density at radius 2 is 1.69 bits per heavy atom. The van der Waals surface area contributed by atoms with Crippen LogP contribution in [0.1, 0.15) is 53.6 Å². The molecule has 6 aromatic rings. The molecule has 0 spiro atoms. The second-order valence-electron chi connectivity index (χ2n) is 15.6. The van der Waals surface area contributed by atoms with E-state index in [1.807, 2.05) is 60.7 Å². The van der Waals surface area contributed by atoms with Crippen LogP contribution in [0.4, 0.5) is 16.3 Å². The zero-order chi connectivity index (χ0) is 44.7. The van der Waals surface area contributed by atoms with E-state index in [1.165, 1.54) is 16.1 Å². The van der Waals surface area contributed by atoms with Gasteiger partial charge in [0.2, 0.25) is 11.8 Å². The number of nitrogens with two attached hydrogens (primary N) is 1. The topological polar surface area (TPSA) is 209 Å². The SMILES string of the molecule is C=C(CN(C(=O)NCc1ccc2c(c1)CN(C1CCC(=O)NC1=O)C2=O)c1cccc(Cl)c1)C(=O)N1CCCCC1.Nc1ncnc2n[nH]c(-c3ccc(Oc4ccccc4)cc3)c12. The van der Waals surface area contributed by atoms with Gasteiger partial charge in [0, 0.05) is 60.0 Å². The number of nitrogens with one attached hydrogen (secondary N) is 3. The van der Waals surface area contributed by atoms with Crippen molar-refractivity contribution in [2.24, 2.45) is 0 Å². The number of hydrogen-bond acceptors (Lipinski definition) is 10. The monoisotopic (exact) mass is 880 g/mol. The number of para-hydroxylation sites is 1. The minimum Gasteiger partial charge on any atom is -0.457 e. The summed E-state index contributed by atoms with van der Waals surface area (Å²) in [6.45, 7) is 5.77. The Morgan fingerprint density at radius 1 is 0.922 bits per heavy atom. The second kappa shape index (κ2) is 19.2. The number of nitrogens with zero attached hydrogens (tertiary/aromatic N) is 6. The van der Waals surface area contributed by atoms with E-state index < -0.39 is 18.0 Å². The van der Waals surface area contributed by atoms with Crippen molar-refractivity contribution in [1.29, 1.82) is 0 Å². The Morgan fingerprint density at radius 3 is 2.44 bits per heavy atom. The number of urea groups is 1. The van der Waals surface area contributed by atoms with Crippen molar-refractivity contribution < 1.29 is 28.7 Å². The number of benzene rings is 4. The van der Waals surface area contributed by atoms with Crippen LogP contribution in [0.2, 0.25) is 5.02 Å². The molecule has 64 heavy (non-hydrogen) atoms. The number of piperidine rings is 2. The van der Waals surface area contributed by atoms with Gasteiger partial charge in [-0.3, -0.25) is 34.5 Å². The summed E-state index contributed by atoms with van der Waals surface area (Å²) in [7, 11) is 0. The summed E-state index contributed by atoms with van der Waals surface area (Å²) < 4.78 is 5.79. The maximum atomic E-state index is 13.4. The van der Waals surface area contributed by atoms with E-state index in [4.69, 9.17) is 22.1 Å². The molecule has 16 nitrogen and oxygen atoms in total. The lowest BCUT2D eigenvalue weighted by Crippen LogP contribution is -2.52. The number of rotatable bonds is 10. The molecule has 326 valence electrons. The molecule has 17 heteroatoms. The van der Waals surface area contributed by atoms with Gasteiger partial charge in [-0.1, -0.05) is 54.6 Å². The van der Waals surface area contributed by atoms with E-state index in [9.17, 15) is 24.0 Å². The molecule has 3 aliphatic heterocycles. The third-order valence-electron chi connectivity index (χ3n) is 11.2. The first kappa shape index (κ1) is 43.1. The van der Waals surface area contributed by atoms with Gasteiger partial charge in [-0.05, 0) is 97.5 Å². The molecule has 6 amide bonds. The number of H-pyrrole nitrogens is 1. The van der Waals surface area contributed by atoms with Crippen LogP contribution in [0.15, 0.2) is 116 Å². The lowest BCUT2D eigenvalue weighted by molar-refractivity contribution is -0.137. The van der Waals surface area contributed by atoms with Gasteiger partial charge in [0.1, 0.15) is 29.7 Å². The van der Waals surface area contributed by atoms with Crippen LogP contribution in [-0.4, -0.2) is 85.3 Å². The summed E-state index contributed by atoms with van der Waals surface area (Å²) >= 11 is 6.21. The van der Waals surface area contributed by atoms with Gasteiger partial charge in [-0.25, -0.2) is 14.8 Å². The predicted octanol–water partition coefficient (Wildman–Crippen LogP) is 6.78. The Kier molecular flexibility index (Phi) is 12.9. The molecule has 0 saturated carbocycles. The van der Waals surface area contributed by atoms with E-state index in [2.05, 4.69) is 37.4 Å². The van der Waals surface area contributed by atoms with E-state index in [0.717, 1.165) is 58.5 Å². The predicted molar refractivity (Wildman–Crippen MR) is 241 cm³/mol. The number of carbonyl (C=O) groups excluding carboxylic acids is 5. The maximum absolute atomic E-state index is 13.4. The van der Waals surface area contributed by atoms with E-state index >= 15 is 0 Å². The van der Waals surface area contributed by atoms with Crippen molar-refractivity contribution in [3.63, 3.8) is 0 Å². The van der Waals surface area contributed by atoms with Gasteiger partial charge < -0.3 is 25.6 Å². The van der Waals surface area contributed by atoms with E-state index in [1.54, 1.807) is 41.3 Å². The number of fused-ring (bicyclic) bond motifs is 2. The lowest BCUT2D eigenvalue weighted by atomic mass is 10.0. The van der Waals surface area contributed by atoms with Crippen LogP contribution in [0.3, 0.4) is 0 Å². The zero-order valence-electron chi connectivity index (χ0n) is 34.8. The van der Waals surface area contributed by atoms with Crippen LogP contribution >= 0.6 is 11.6 Å². The summed E-state index contributed by atoms with van der Waals surface area (Å²) in [6.07, 6.45) is 4.88. The van der Waals surface area contributed by atoms with Gasteiger partial charge in [0.15, 0.2) is 5.65 Å². The van der Waals surface area contributed by atoms with Crippen LogP contribution in [0.5, 0.6) is 11.5 Å². The van der Waals surface area contributed by atoms with Crippen molar-refractivity contribution in [2.75, 3.05) is 30.3 Å². The smallest absolute Gasteiger partial charge is 0.322 e. The molecule has 0 radical (unpaired) electrons. The van der Waals surface area contributed by atoms with Crippen LogP contribution in [0, 0.1) is 0 Å². The largest absolute Gasteiger partial charge is 0.457 e. The van der Waals surface area contributed by atoms with Gasteiger partial charge in [-0.15, -0.1) is 0 Å². The van der Waals surface area contributed by atoms with Gasteiger partial charge in [0.05, 0.1) is 17.6 Å². The molecular formula is C47H45ClN10O6. The molecule has 0 bridgehead atoms. The molecule has 3 aliphatic rings. The van der Waals surface area contributed by atoms with E-state index in [-0.39, 0.29) is 50.2 Å². The molecule has 1 unspecified atom stereocenters. The average Bonchev–Trinajstić information content (AvgIpc) is 3.89. The first-order valence-corrected chi connectivity index (χ1v) is 21.2.